The van der Waals surface area contributed by atoms with Gasteiger partial charge in [0.1, 0.15) is 0 Å². The van der Waals surface area contributed by atoms with Crippen LogP contribution >= 0.6 is 27.3 Å². The van der Waals surface area contributed by atoms with Gasteiger partial charge in [-0.25, -0.2) is 4.98 Å². The lowest BCUT2D eigenvalue weighted by molar-refractivity contribution is 0.386. The summed E-state index contributed by atoms with van der Waals surface area (Å²) in [7, 11) is 0. The summed E-state index contributed by atoms with van der Waals surface area (Å²) in [6.45, 7) is 1.12. The normalized spacial score (nSPS) is 15.8. The molecular weight excluding hydrogens is 308 g/mol. The van der Waals surface area contributed by atoms with Crippen molar-refractivity contribution in [3.8, 4) is 0 Å². The third-order valence-corrected chi connectivity index (χ3v) is 5.21. The number of rotatable bonds is 5. The van der Waals surface area contributed by atoms with Crippen LogP contribution in [-0.2, 0) is 0 Å². The Balaban J connectivity index is 1.87. The molecule has 96 valence electrons. The number of alkyl halides is 1. The predicted molar refractivity (Wildman–Crippen MR) is 83.0 cm³/mol. The Morgan fingerprint density at radius 3 is 2.83 bits per heavy atom. The third kappa shape index (κ3) is 2.41. The Kier molecular flexibility index (Phi) is 3.85. The average Bonchev–Trinajstić information content (AvgIpc) is 2.75. The largest absolute Gasteiger partial charge is 0.345 e. The molecular formula is C14H17BrN2S. The Hall–Kier alpha value is -0.610. The first kappa shape index (κ1) is 12.4. The fourth-order valence-electron chi connectivity index (χ4n) is 2.35. The van der Waals surface area contributed by atoms with Crippen LogP contribution in [0.15, 0.2) is 24.3 Å². The van der Waals surface area contributed by atoms with E-state index in [9.17, 15) is 0 Å². The highest BCUT2D eigenvalue weighted by Gasteiger charge is 2.26. The Labute approximate surface area is 120 Å². The number of nitrogens with zero attached hydrogens (tertiary/aromatic N) is 2. The average molecular weight is 325 g/mol. The van der Waals surface area contributed by atoms with Crippen molar-refractivity contribution in [2.75, 3.05) is 16.8 Å². The third-order valence-electron chi connectivity index (χ3n) is 3.58. The van der Waals surface area contributed by atoms with E-state index in [4.69, 9.17) is 4.98 Å². The Morgan fingerprint density at radius 1 is 1.33 bits per heavy atom. The first-order valence-electron chi connectivity index (χ1n) is 6.56. The minimum absolute atomic E-state index is 0.726. The molecule has 0 aliphatic heterocycles. The van der Waals surface area contributed by atoms with Crippen molar-refractivity contribution in [3.05, 3.63) is 24.3 Å². The van der Waals surface area contributed by atoms with Gasteiger partial charge in [0.25, 0.3) is 0 Å². The van der Waals surface area contributed by atoms with Crippen molar-refractivity contribution in [3.63, 3.8) is 0 Å². The van der Waals surface area contributed by atoms with Crippen LogP contribution in [0.3, 0.4) is 0 Å². The highest BCUT2D eigenvalue weighted by atomic mass is 79.9. The summed E-state index contributed by atoms with van der Waals surface area (Å²) < 4.78 is 1.30. The van der Waals surface area contributed by atoms with Gasteiger partial charge in [-0.3, -0.25) is 0 Å². The second kappa shape index (κ2) is 5.57. The van der Waals surface area contributed by atoms with Gasteiger partial charge >= 0.3 is 0 Å². The molecule has 2 aromatic rings. The molecule has 0 N–H and O–H groups in total. The van der Waals surface area contributed by atoms with E-state index >= 15 is 0 Å². The highest BCUT2D eigenvalue weighted by Crippen LogP contribution is 2.34. The van der Waals surface area contributed by atoms with E-state index in [1.807, 2.05) is 11.3 Å². The van der Waals surface area contributed by atoms with Crippen molar-refractivity contribution in [2.24, 2.45) is 0 Å². The van der Waals surface area contributed by atoms with Crippen LogP contribution in [0, 0.1) is 0 Å². The van der Waals surface area contributed by atoms with Gasteiger partial charge < -0.3 is 4.90 Å². The Morgan fingerprint density at radius 2 is 2.17 bits per heavy atom. The van der Waals surface area contributed by atoms with E-state index in [1.165, 1.54) is 35.5 Å². The van der Waals surface area contributed by atoms with Crippen LogP contribution in [0.5, 0.6) is 0 Å². The zero-order valence-electron chi connectivity index (χ0n) is 10.3. The van der Waals surface area contributed by atoms with Crippen LogP contribution in [0.2, 0.25) is 0 Å². The van der Waals surface area contributed by atoms with Gasteiger partial charge in [0, 0.05) is 17.9 Å². The van der Waals surface area contributed by atoms with Crippen LogP contribution < -0.4 is 4.90 Å². The number of aromatic nitrogens is 1. The molecule has 0 amide bonds. The standard InChI is InChI=1S/C14H17BrN2S/c15-9-4-10-17(11-5-3-6-11)14-16-12-7-1-2-8-13(12)18-14/h1-2,7-8,11H,3-6,9-10H2. The topological polar surface area (TPSA) is 16.1 Å². The zero-order chi connectivity index (χ0) is 12.4. The number of fused-ring (bicyclic) bond motifs is 1. The Bertz CT molecular complexity index is 488. The fraction of sp³-hybridized carbons (Fsp3) is 0.500. The van der Waals surface area contributed by atoms with Gasteiger partial charge in [-0.1, -0.05) is 39.4 Å². The molecule has 0 radical (unpaired) electrons. The van der Waals surface area contributed by atoms with Gasteiger partial charge in [-0.15, -0.1) is 0 Å². The summed E-state index contributed by atoms with van der Waals surface area (Å²) >= 11 is 5.36. The van der Waals surface area contributed by atoms with Crippen molar-refractivity contribution < 1.29 is 0 Å². The number of halogens is 1. The summed E-state index contributed by atoms with van der Waals surface area (Å²) in [4.78, 5) is 7.32. The minimum atomic E-state index is 0.726. The second-order valence-electron chi connectivity index (χ2n) is 4.78. The van der Waals surface area contributed by atoms with E-state index < -0.39 is 0 Å². The van der Waals surface area contributed by atoms with Crippen molar-refractivity contribution in [1.29, 1.82) is 0 Å². The first-order valence-corrected chi connectivity index (χ1v) is 8.50. The van der Waals surface area contributed by atoms with Gasteiger partial charge in [-0.2, -0.15) is 0 Å². The SMILES string of the molecule is BrCCCN(c1nc2ccccc2s1)C1CCC1. The van der Waals surface area contributed by atoms with E-state index in [0.717, 1.165) is 23.4 Å². The number of hydrogen-bond donors (Lipinski definition) is 0. The molecule has 0 saturated heterocycles. The lowest BCUT2D eigenvalue weighted by Crippen LogP contribution is -2.41. The molecule has 0 bridgehead atoms. The summed E-state index contributed by atoms with van der Waals surface area (Å²) in [6, 6.07) is 9.16. The molecule has 18 heavy (non-hydrogen) atoms. The number of anilines is 1. The maximum atomic E-state index is 4.80. The molecule has 1 aromatic heterocycles. The van der Waals surface area contributed by atoms with Crippen LogP contribution in [0.25, 0.3) is 10.2 Å². The molecule has 1 aliphatic rings. The van der Waals surface area contributed by atoms with Crippen molar-refractivity contribution in [1.82, 2.24) is 4.98 Å². The maximum absolute atomic E-state index is 4.80. The number of hydrogen-bond acceptors (Lipinski definition) is 3. The van der Waals surface area contributed by atoms with Crippen molar-refractivity contribution >= 4 is 42.6 Å². The summed E-state index contributed by atoms with van der Waals surface area (Å²) in [5, 5.41) is 2.28. The highest BCUT2D eigenvalue weighted by molar-refractivity contribution is 9.09. The molecule has 1 heterocycles. The van der Waals surface area contributed by atoms with Crippen LogP contribution in [0.4, 0.5) is 5.13 Å². The monoisotopic (exact) mass is 324 g/mol. The number of para-hydroxylation sites is 1. The van der Waals surface area contributed by atoms with Gasteiger partial charge in [-0.05, 0) is 37.8 Å². The molecule has 1 saturated carbocycles. The van der Waals surface area contributed by atoms with E-state index in [2.05, 4.69) is 45.1 Å². The summed E-state index contributed by atoms with van der Waals surface area (Å²) in [5.41, 5.74) is 1.14. The minimum Gasteiger partial charge on any atom is -0.345 e. The molecule has 1 fully saturated rings. The van der Waals surface area contributed by atoms with Crippen LogP contribution in [0.1, 0.15) is 25.7 Å². The first-order chi connectivity index (χ1) is 8.88. The molecule has 0 atom stereocenters. The quantitative estimate of drug-likeness (QED) is 0.756. The van der Waals surface area contributed by atoms with Crippen molar-refractivity contribution in [2.45, 2.75) is 31.7 Å². The van der Waals surface area contributed by atoms with E-state index in [0.29, 0.717) is 0 Å². The zero-order valence-corrected chi connectivity index (χ0v) is 12.7. The smallest absolute Gasteiger partial charge is 0.186 e. The molecule has 1 aromatic carbocycles. The predicted octanol–water partition coefficient (Wildman–Crippen LogP) is 4.44. The summed E-state index contributed by atoms with van der Waals surface area (Å²) in [6.07, 6.45) is 5.23. The molecule has 2 nitrogen and oxygen atoms in total. The summed E-state index contributed by atoms with van der Waals surface area (Å²) in [5.74, 6) is 0. The van der Waals surface area contributed by atoms with Crippen LogP contribution in [-0.4, -0.2) is 22.9 Å². The van der Waals surface area contributed by atoms with E-state index in [1.54, 1.807) is 0 Å². The van der Waals surface area contributed by atoms with Gasteiger partial charge in [0.2, 0.25) is 0 Å². The lowest BCUT2D eigenvalue weighted by atomic mass is 9.92. The molecule has 4 heteroatoms. The molecule has 1 aliphatic carbocycles. The van der Waals surface area contributed by atoms with Gasteiger partial charge in [0.05, 0.1) is 10.2 Å². The van der Waals surface area contributed by atoms with Gasteiger partial charge in [0.15, 0.2) is 5.13 Å². The molecule has 0 unspecified atom stereocenters. The number of thiazole rings is 1. The number of benzene rings is 1. The molecule has 0 spiro atoms. The van der Waals surface area contributed by atoms with E-state index in [-0.39, 0.29) is 0 Å². The lowest BCUT2D eigenvalue weighted by Gasteiger charge is -2.37. The fourth-order valence-corrected chi connectivity index (χ4v) is 3.66. The second-order valence-corrected chi connectivity index (χ2v) is 6.59. The maximum Gasteiger partial charge on any atom is 0.186 e. The molecule has 3 rings (SSSR count).